The van der Waals surface area contributed by atoms with Gasteiger partial charge >= 0.3 is 0 Å². The smallest absolute Gasteiger partial charge is 0.192 e. The van der Waals surface area contributed by atoms with Crippen molar-refractivity contribution >= 4 is 6.40 Å². The average molecular weight is 102 g/mol. The van der Waals surface area contributed by atoms with Crippen LogP contribution in [0, 0.1) is 0 Å². The minimum atomic E-state index is 0.672. The van der Waals surface area contributed by atoms with E-state index in [1.165, 1.54) is 6.40 Å². The molecular formula is C4H10N2O. The molecule has 7 heavy (non-hydrogen) atoms. The first-order valence-electron chi connectivity index (χ1n) is 2.21. The molecule has 0 aliphatic carbocycles. The molecule has 0 aromatic heterocycles. The summed E-state index contributed by atoms with van der Waals surface area (Å²) < 4.78 is 4.72. The molecule has 0 radical (unpaired) electrons. The third-order valence-electron chi connectivity index (χ3n) is 0.423. The van der Waals surface area contributed by atoms with Crippen LogP contribution < -0.4 is 5.43 Å². The summed E-state index contributed by atoms with van der Waals surface area (Å²) in [6, 6.07) is 0. The first-order valence-corrected chi connectivity index (χ1v) is 2.21. The predicted molar refractivity (Wildman–Crippen MR) is 29.2 cm³/mol. The Kier molecular flexibility index (Phi) is 4.72. The fraction of sp³-hybridized carbons (Fsp3) is 0.750. The van der Waals surface area contributed by atoms with Crippen molar-refractivity contribution in [3.8, 4) is 0 Å². The highest BCUT2D eigenvalue weighted by Gasteiger charge is 1.63. The molecule has 0 heterocycles. The fourth-order valence-electron chi connectivity index (χ4n) is 0.165. The summed E-state index contributed by atoms with van der Waals surface area (Å²) in [6.45, 7) is 2.58. The second kappa shape index (κ2) is 5.27. The number of hydrazone groups is 1. The molecule has 0 aromatic carbocycles. The van der Waals surface area contributed by atoms with Crippen molar-refractivity contribution in [1.82, 2.24) is 5.43 Å². The zero-order chi connectivity index (χ0) is 5.54. The summed E-state index contributed by atoms with van der Waals surface area (Å²) in [5, 5.41) is 3.56. The number of hydrogen-bond acceptors (Lipinski definition) is 3. The van der Waals surface area contributed by atoms with Gasteiger partial charge in [0.1, 0.15) is 0 Å². The van der Waals surface area contributed by atoms with Gasteiger partial charge in [-0.25, -0.2) is 0 Å². The predicted octanol–water partition coefficient (Wildman–Crippen LogP) is 0.186. The Bertz CT molecular complexity index is 53.7. The fourth-order valence-corrected chi connectivity index (χ4v) is 0.165. The SMILES string of the molecule is CCO/C=N\NC. The van der Waals surface area contributed by atoms with Gasteiger partial charge in [0.05, 0.1) is 6.61 Å². The lowest BCUT2D eigenvalue weighted by atomic mass is 10.9. The lowest BCUT2D eigenvalue weighted by Crippen LogP contribution is -1.95. The molecule has 0 bridgehead atoms. The van der Waals surface area contributed by atoms with Crippen LogP contribution in [0.1, 0.15) is 6.92 Å². The van der Waals surface area contributed by atoms with Crippen LogP contribution in [-0.2, 0) is 4.74 Å². The Morgan fingerprint density at radius 3 is 3.00 bits per heavy atom. The molecule has 0 spiro atoms. The monoisotopic (exact) mass is 102 g/mol. The summed E-state index contributed by atoms with van der Waals surface area (Å²) in [5.74, 6) is 0. The maximum absolute atomic E-state index is 4.72. The van der Waals surface area contributed by atoms with Gasteiger partial charge in [-0.3, -0.25) is 0 Å². The summed E-state index contributed by atoms with van der Waals surface area (Å²) in [4.78, 5) is 0. The van der Waals surface area contributed by atoms with Gasteiger partial charge in [0, 0.05) is 7.05 Å². The summed E-state index contributed by atoms with van der Waals surface area (Å²) >= 11 is 0. The normalized spacial score (nSPS) is 9.43. The zero-order valence-electron chi connectivity index (χ0n) is 4.64. The quantitative estimate of drug-likeness (QED) is 0.313. The molecule has 0 saturated carbocycles. The second-order valence-corrected chi connectivity index (χ2v) is 0.913. The van der Waals surface area contributed by atoms with E-state index in [-0.39, 0.29) is 0 Å². The molecule has 42 valence electrons. The van der Waals surface area contributed by atoms with E-state index in [4.69, 9.17) is 4.74 Å². The van der Waals surface area contributed by atoms with Gasteiger partial charge in [0.25, 0.3) is 0 Å². The zero-order valence-corrected chi connectivity index (χ0v) is 4.64. The van der Waals surface area contributed by atoms with Crippen LogP contribution in [-0.4, -0.2) is 20.1 Å². The Morgan fingerprint density at radius 2 is 2.57 bits per heavy atom. The van der Waals surface area contributed by atoms with E-state index in [0.29, 0.717) is 6.61 Å². The number of hydrogen-bond donors (Lipinski definition) is 1. The summed E-state index contributed by atoms with van der Waals surface area (Å²) in [5.41, 5.74) is 2.55. The van der Waals surface area contributed by atoms with Gasteiger partial charge in [0.2, 0.25) is 0 Å². The molecule has 0 unspecified atom stereocenters. The molecule has 0 atom stereocenters. The van der Waals surface area contributed by atoms with Gasteiger partial charge in [-0.05, 0) is 6.92 Å². The first-order chi connectivity index (χ1) is 3.41. The molecule has 1 N–H and O–H groups in total. The van der Waals surface area contributed by atoms with Crippen LogP contribution in [0.25, 0.3) is 0 Å². The Morgan fingerprint density at radius 1 is 1.86 bits per heavy atom. The third kappa shape index (κ3) is 5.27. The van der Waals surface area contributed by atoms with E-state index in [1.54, 1.807) is 7.05 Å². The van der Waals surface area contributed by atoms with Crippen molar-refractivity contribution in [2.24, 2.45) is 5.10 Å². The summed E-state index contributed by atoms with van der Waals surface area (Å²) in [6.07, 6.45) is 1.38. The maximum atomic E-state index is 4.72. The van der Waals surface area contributed by atoms with E-state index in [0.717, 1.165) is 0 Å². The molecule has 3 nitrogen and oxygen atoms in total. The van der Waals surface area contributed by atoms with Gasteiger partial charge in [-0.1, -0.05) is 0 Å². The molecule has 0 aromatic rings. The Balaban J connectivity index is 2.78. The maximum Gasteiger partial charge on any atom is 0.192 e. The number of ether oxygens (including phenoxy) is 1. The van der Waals surface area contributed by atoms with E-state index >= 15 is 0 Å². The van der Waals surface area contributed by atoms with Crippen molar-refractivity contribution < 1.29 is 4.74 Å². The minimum Gasteiger partial charge on any atom is -0.482 e. The van der Waals surface area contributed by atoms with Crippen molar-refractivity contribution in [3.05, 3.63) is 0 Å². The van der Waals surface area contributed by atoms with E-state index < -0.39 is 0 Å². The topological polar surface area (TPSA) is 33.6 Å². The van der Waals surface area contributed by atoms with Crippen LogP contribution in [0.5, 0.6) is 0 Å². The van der Waals surface area contributed by atoms with Gasteiger partial charge in [0.15, 0.2) is 6.40 Å². The Hall–Kier alpha value is -0.730. The highest BCUT2D eigenvalue weighted by atomic mass is 16.5. The number of rotatable bonds is 3. The van der Waals surface area contributed by atoms with Crippen LogP contribution >= 0.6 is 0 Å². The molecule has 0 amide bonds. The lowest BCUT2D eigenvalue weighted by Gasteiger charge is -1.88. The third-order valence-corrected chi connectivity index (χ3v) is 0.423. The van der Waals surface area contributed by atoms with Gasteiger partial charge < -0.3 is 10.2 Å². The van der Waals surface area contributed by atoms with Crippen molar-refractivity contribution in [2.75, 3.05) is 13.7 Å². The number of nitrogens with zero attached hydrogens (tertiary/aromatic N) is 1. The van der Waals surface area contributed by atoms with Crippen LogP contribution in [0.2, 0.25) is 0 Å². The van der Waals surface area contributed by atoms with Gasteiger partial charge in [-0.15, -0.1) is 0 Å². The molecule has 0 aliphatic heterocycles. The lowest BCUT2D eigenvalue weighted by molar-refractivity contribution is 0.341. The molecule has 0 aliphatic rings. The van der Waals surface area contributed by atoms with Crippen molar-refractivity contribution in [1.29, 1.82) is 0 Å². The minimum absolute atomic E-state index is 0.672. The Labute approximate surface area is 43.4 Å². The summed E-state index contributed by atoms with van der Waals surface area (Å²) in [7, 11) is 1.72. The van der Waals surface area contributed by atoms with Crippen LogP contribution in [0.15, 0.2) is 5.10 Å². The van der Waals surface area contributed by atoms with Crippen molar-refractivity contribution in [2.45, 2.75) is 6.92 Å². The van der Waals surface area contributed by atoms with Crippen molar-refractivity contribution in [3.63, 3.8) is 0 Å². The molecule has 0 saturated heterocycles. The largest absolute Gasteiger partial charge is 0.482 e. The second-order valence-electron chi connectivity index (χ2n) is 0.913. The molecule has 0 rings (SSSR count). The number of nitrogens with one attached hydrogen (secondary N) is 1. The van der Waals surface area contributed by atoms with E-state index in [2.05, 4.69) is 10.5 Å². The van der Waals surface area contributed by atoms with E-state index in [9.17, 15) is 0 Å². The highest BCUT2D eigenvalue weighted by molar-refractivity contribution is 5.45. The average Bonchev–Trinajstić information content (AvgIpc) is 1.69. The molecule has 0 fully saturated rings. The van der Waals surface area contributed by atoms with Gasteiger partial charge in [-0.2, -0.15) is 5.10 Å². The molecular weight excluding hydrogens is 92.1 g/mol. The molecule has 3 heteroatoms. The van der Waals surface area contributed by atoms with Crippen LogP contribution in [0.4, 0.5) is 0 Å². The standard InChI is InChI=1S/C4H10N2O/c1-3-7-4-6-5-2/h4-5H,3H2,1-2H3/b6-4-. The van der Waals surface area contributed by atoms with E-state index in [1.807, 2.05) is 6.92 Å². The highest BCUT2D eigenvalue weighted by Crippen LogP contribution is 1.60. The first kappa shape index (κ1) is 6.27. The van der Waals surface area contributed by atoms with Crippen LogP contribution in [0.3, 0.4) is 0 Å².